The summed E-state index contributed by atoms with van der Waals surface area (Å²) in [4.78, 5) is 0. The van der Waals surface area contributed by atoms with E-state index in [0.717, 1.165) is 12.8 Å². The summed E-state index contributed by atoms with van der Waals surface area (Å²) in [6.07, 6.45) is 2.10. The summed E-state index contributed by atoms with van der Waals surface area (Å²) in [7, 11) is 0. The number of nitrogens with one attached hydrogen (secondary N) is 1. The second-order valence-corrected chi connectivity index (χ2v) is 7.44. The van der Waals surface area contributed by atoms with Crippen LogP contribution in [0.4, 0.5) is 0 Å². The number of hydrogen-bond acceptors (Lipinski definition) is 2. The number of nitrogens with two attached hydrogens (primary N) is 1. The van der Waals surface area contributed by atoms with E-state index in [1.165, 1.54) is 9.13 Å². The molecule has 2 unspecified atom stereocenters. The summed E-state index contributed by atoms with van der Waals surface area (Å²) in [5, 5.41) is 0. The zero-order valence-corrected chi connectivity index (χ0v) is 14.0. The number of benzene rings is 1. The molecule has 1 rings (SSSR count). The molecule has 1 aromatic carbocycles. The van der Waals surface area contributed by atoms with Crippen LogP contribution in [0.15, 0.2) is 24.3 Å². The minimum Gasteiger partial charge on any atom is -0.271 e. The molecule has 0 saturated heterocycles. The fourth-order valence-electron chi connectivity index (χ4n) is 1.90. The largest absolute Gasteiger partial charge is 0.271 e. The molecule has 1 aromatic rings. The smallest absolute Gasteiger partial charge is 0.0253 e. The van der Waals surface area contributed by atoms with Gasteiger partial charge in [-0.05, 0) is 64.5 Å². The summed E-state index contributed by atoms with van der Waals surface area (Å²) < 4.78 is 1.27. The van der Waals surface area contributed by atoms with Gasteiger partial charge in [-0.1, -0.05) is 39.8 Å². The molecular formula is C15H25IN2. The van der Waals surface area contributed by atoms with Gasteiger partial charge in [0.25, 0.3) is 0 Å². The van der Waals surface area contributed by atoms with Crippen LogP contribution in [0.1, 0.15) is 39.7 Å². The molecule has 0 radical (unpaired) electrons. The predicted molar refractivity (Wildman–Crippen MR) is 87.2 cm³/mol. The SMILES string of the molecule is CC(CC(Cc1ccc(I)cc1)NN)C(C)(C)C. The summed E-state index contributed by atoms with van der Waals surface area (Å²) in [5.74, 6) is 6.33. The van der Waals surface area contributed by atoms with E-state index in [-0.39, 0.29) is 0 Å². The standard InChI is InChI=1S/C15H25IN2/c1-11(15(2,3)4)9-14(18-17)10-12-5-7-13(16)8-6-12/h5-8,11,14,18H,9-10,17H2,1-4H3. The zero-order valence-electron chi connectivity index (χ0n) is 11.8. The third-order valence-electron chi connectivity index (χ3n) is 3.75. The first-order valence-electron chi connectivity index (χ1n) is 6.53. The number of rotatable bonds is 5. The van der Waals surface area contributed by atoms with Gasteiger partial charge in [0.1, 0.15) is 0 Å². The maximum atomic E-state index is 5.69. The molecule has 2 nitrogen and oxygen atoms in total. The van der Waals surface area contributed by atoms with Crippen LogP contribution in [-0.4, -0.2) is 6.04 Å². The van der Waals surface area contributed by atoms with E-state index in [2.05, 4.69) is 80.0 Å². The lowest BCUT2D eigenvalue weighted by Gasteiger charge is -2.30. The summed E-state index contributed by atoms with van der Waals surface area (Å²) in [6.45, 7) is 9.17. The van der Waals surface area contributed by atoms with Gasteiger partial charge >= 0.3 is 0 Å². The summed E-state index contributed by atoms with van der Waals surface area (Å²) >= 11 is 2.33. The lowest BCUT2D eigenvalue weighted by Crippen LogP contribution is -2.39. The average molecular weight is 360 g/mol. The van der Waals surface area contributed by atoms with Gasteiger partial charge in [-0.3, -0.25) is 11.3 Å². The molecule has 3 heteroatoms. The van der Waals surface area contributed by atoms with Crippen LogP contribution in [0.3, 0.4) is 0 Å². The van der Waals surface area contributed by atoms with E-state index >= 15 is 0 Å². The van der Waals surface area contributed by atoms with Crippen molar-refractivity contribution in [3.63, 3.8) is 0 Å². The molecule has 0 heterocycles. The Kier molecular flexibility index (Phi) is 6.08. The Morgan fingerprint density at radius 1 is 1.22 bits per heavy atom. The molecule has 102 valence electrons. The van der Waals surface area contributed by atoms with Crippen LogP contribution in [0.2, 0.25) is 0 Å². The minimum absolute atomic E-state index is 0.334. The van der Waals surface area contributed by atoms with Crippen molar-refractivity contribution in [1.29, 1.82) is 0 Å². The Bertz CT molecular complexity index is 354. The van der Waals surface area contributed by atoms with Crippen LogP contribution in [0.5, 0.6) is 0 Å². The fourth-order valence-corrected chi connectivity index (χ4v) is 2.26. The molecule has 0 spiro atoms. The molecule has 0 aliphatic carbocycles. The average Bonchev–Trinajstić information content (AvgIpc) is 2.29. The number of halogens is 1. The molecule has 0 aliphatic rings. The van der Waals surface area contributed by atoms with Gasteiger partial charge in [0.15, 0.2) is 0 Å². The minimum atomic E-state index is 0.334. The Morgan fingerprint density at radius 2 is 1.78 bits per heavy atom. The third-order valence-corrected chi connectivity index (χ3v) is 4.47. The Hall–Kier alpha value is -0.130. The number of hydrazine groups is 1. The molecular weight excluding hydrogens is 335 g/mol. The van der Waals surface area contributed by atoms with Crippen molar-refractivity contribution in [3.05, 3.63) is 33.4 Å². The van der Waals surface area contributed by atoms with E-state index in [9.17, 15) is 0 Å². The molecule has 0 fully saturated rings. The van der Waals surface area contributed by atoms with Gasteiger partial charge in [0, 0.05) is 9.61 Å². The van der Waals surface area contributed by atoms with Gasteiger partial charge in [0.2, 0.25) is 0 Å². The first-order chi connectivity index (χ1) is 8.32. The molecule has 0 saturated carbocycles. The van der Waals surface area contributed by atoms with Crippen molar-refractivity contribution in [2.45, 2.75) is 46.6 Å². The van der Waals surface area contributed by atoms with Crippen LogP contribution in [0, 0.1) is 14.9 Å². The van der Waals surface area contributed by atoms with E-state index in [1.54, 1.807) is 0 Å². The Morgan fingerprint density at radius 3 is 2.22 bits per heavy atom. The second kappa shape index (κ2) is 6.87. The lowest BCUT2D eigenvalue weighted by atomic mass is 9.78. The fraction of sp³-hybridized carbons (Fsp3) is 0.600. The highest BCUT2D eigenvalue weighted by molar-refractivity contribution is 14.1. The normalized spacial score (nSPS) is 15.4. The quantitative estimate of drug-likeness (QED) is 0.477. The molecule has 0 amide bonds. The Labute approximate surface area is 125 Å². The van der Waals surface area contributed by atoms with Crippen molar-refractivity contribution in [2.75, 3.05) is 0 Å². The van der Waals surface area contributed by atoms with Gasteiger partial charge in [-0.15, -0.1) is 0 Å². The monoisotopic (exact) mass is 360 g/mol. The highest BCUT2D eigenvalue weighted by atomic mass is 127. The highest BCUT2D eigenvalue weighted by Gasteiger charge is 2.23. The van der Waals surface area contributed by atoms with Gasteiger partial charge in [0.05, 0.1) is 0 Å². The zero-order chi connectivity index (χ0) is 13.8. The first-order valence-corrected chi connectivity index (χ1v) is 7.61. The van der Waals surface area contributed by atoms with Crippen molar-refractivity contribution in [3.8, 4) is 0 Å². The maximum absolute atomic E-state index is 5.69. The predicted octanol–water partition coefficient (Wildman–Crippen LogP) is 3.74. The lowest BCUT2D eigenvalue weighted by molar-refractivity contribution is 0.222. The van der Waals surface area contributed by atoms with Crippen molar-refractivity contribution in [1.82, 2.24) is 5.43 Å². The molecule has 0 aromatic heterocycles. The van der Waals surface area contributed by atoms with E-state index in [1.807, 2.05) is 0 Å². The van der Waals surface area contributed by atoms with Crippen LogP contribution < -0.4 is 11.3 Å². The Balaban J connectivity index is 2.59. The maximum Gasteiger partial charge on any atom is 0.0253 e. The summed E-state index contributed by atoms with van der Waals surface area (Å²) in [6, 6.07) is 9.02. The van der Waals surface area contributed by atoms with Gasteiger partial charge < -0.3 is 0 Å². The molecule has 0 aliphatic heterocycles. The molecule has 18 heavy (non-hydrogen) atoms. The topological polar surface area (TPSA) is 38.0 Å². The van der Waals surface area contributed by atoms with Gasteiger partial charge in [-0.25, -0.2) is 0 Å². The van der Waals surface area contributed by atoms with E-state index in [0.29, 0.717) is 17.4 Å². The molecule has 2 atom stereocenters. The first kappa shape index (κ1) is 15.9. The van der Waals surface area contributed by atoms with E-state index < -0.39 is 0 Å². The van der Waals surface area contributed by atoms with Crippen molar-refractivity contribution >= 4 is 22.6 Å². The van der Waals surface area contributed by atoms with E-state index in [4.69, 9.17) is 5.84 Å². The number of hydrogen-bond donors (Lipinski definition) is 2. The van der Waals surface area contributed by atoms with Gasteiger partial charge in [-0.2, -0.15) is 0 Å². The van der Waals surface area contributed by atoms with Crippen LogP contribution in [-0.2, 0) is 6.42 Å². The molecule has 3 N–H and O–H groups in total. The van der Waals surface area contributed by atoms with Crippen molar-refractivity contribution in [2.24, 2.45) is 17.2 Å². The summed E-state index contributed by atoms with van der Waals surface area (Å²) in [5.41, 5.74) is 4.65. The van der Waals surface area contributed by atoms with Crippen molar-refractivity contribution < 1.29 is 0 Å². The molecule has 0 bridgehead atoms. The highest BCUT2D eigenvalue weighted by Crippen LogP contribution is 2.29. The second-order valence-electron chi connectivity index (χ2n) is 6.20. The van der Waals surface area contributed by atoms with Crippen LogP contribution in [0.25, 0.3) is 0 Å². The third kappa shape index (κ3) is 5.24. The van der Waals surface area contributed by atoms with Crippen LogP contribution >= 0.6 is 22.6 Å².